The molecule has 1 aliphatic carbocycles. The summed E-state index contributed by atoms with van der Waals surface area (Å²) in [7, 11) is 1.85. The summed E-state index contributed by atoms with van der Waals surface area (Å²) in [4.78, 5) is 11.1. The lowest BCUT2D eigenvalue weighted by atomic mass is 10.1. The van der Waals surface area contributed by atoms with Gasteiger partial charge >= 0.3 is 5.97 Å². The van der Waals surface area contributed by atoms with E-state index >= 15 is 0 Å². The Morgan fingerprint density at radius 2 is 2.11 bits per heavy atom. The number of ether oxygens (including phenoxy) is 2. The van der Waals surface area contributed by atoms with Crippen molar-refractivity contribution in [2.24, 2.45) is 7.05 Å². The molecule has 7 nitrogen and oxygen atoms in total. The predicted octanol–water partition coefficient (Wildman–Crippen LogP) is 3.94. The molecule has 152 valence electrons. The summed E-state index contributed by atoms with van der Waals surface area (Å²) in [5, 5.41) is 23.0. The van der Waals surface area contributed by atoms with E-state index < -0.39 is 12.1 Å². The minimum Gasteiger partial charge on any atom is -0.479 e. The molecule has 0 aliphatic heterocycles. The van der Waals surface area contributed by atoms with Gasteiger partial charge < -0.3 is 19.7 Å². The fourth-order valence-electron chi connectivity index (χ4n) is 3.06. The van der Waals surface area contributed by atoms with Crippen molar-refractivity contribution in [1.82, 2.24) is 9.78 Å². The highest BCUT2D eigenvalue weighted by Gasteiger charge is 2.32. The van der Waals surface area contributed by atoms with Crippen molar-refractivity contribution >= 4 is 21.9 Å². The van der Waals surface area contributed by atoms with E-state index in [-0.39, 0.29) is 6.61 Å². The molecule has 1 fully saturated rings. The van der Waals surface area contributed by atoms with Crippen LogP contribution in [0.15, 0.2) is 16.6 Å². The van der Waals surface area contributed by atoms with Gasteiger partial charge in [-0.3, -0.25) is 0 Å². The number of aliphatic hydroxyl groups excluding tert-OH is 1. The maximum Gasteiger partial charge on any atom is 0.344 e. The molecule has 3 rings (SSSR count). The largest absolute Gasteiger partial charge is 0.479 e. The molecule has 1 aliphatic rings. The van der Waals surface area contributed by atoms with Gasteiger partial charge in [-0.25, -0.2) is 9.48 Å². The van der Waals surface area contributed by atoms with Gasteiger partial charge in [0, 0.05) is 31.2 Å². The van der Waals surface area contributed by atoms with Gasteiger partial charge in [0.2, 0.25) is 5.88 Å². The standard InChI is InChI=1S/C20H25BrN2O5/c1-11-9-15(21)17(27-12(2)20(25)26)10-16(11)28-19-14(5-4-8-24)18(13-6-7-13)22-23(19)3/h9-10,12-13,24H,4-8H2,1-3H3,(H,25,26)/t12-/m0/s1. The molecule has 1 saturated carbocycles. The maximum absolute atomic E-state index is 11.1. The highest BCUT2D eigenvalue weighted by molar-refractivity contribution is 9.10. The maximum atomic E-state index is 11.1. The van der Waals surface area contributed by atoms with Crippen LogP contribution < -0.4 is 9.47 Å². The van der Waals surface area contributed by atoms with E-state index in [4.69, 9.17) is 14.6 Å². The number of carbonyl (C=O) groups is 1. The average molecular weight is 453 g/mol. The van der Waals surface area contributed by atoms with Crippen LogP contribution in [0.3, 0.4) is 0 Å². The number of nitrogens with zero attached hydrogens (tertiary/aromatic N) is 2. The van der Waals surface area contributed by atoms with Gasteiger partial charge in [0.25, 0.3) is 0 Å². The van der Waals surface area contributed by atoms with Crippen molar-refractivity contribution in [2.45, 2.75) is 51.6 Å². The molecule has 0 amide bonds. The van der Waals surface area contributed by atoms with Gasteiger partial charge in [0.15, 0.2) is 6.10 Å². The third-order valence-corrected chi connectivity index (χ3v) is 5.38. The minimum atomic E-state index is -1.04. The Morgan fingerprint density at radius 1 is 1.39 bits per heavy atom. The zero-order chi connectivity index (χ0) is 20.4. The Bertz CT molecular complexity index is 876. The number of aromatic nitrogens is 2. The van der Waals surface area contributed by atoms with Crippen molar-refractivity contribution in [3.8, 4) is 17.4 Å². The molecule has 0 unspecified atom stereocenters. The Morgan fingerprint density at radius 3 is 2.71 bits per heavy atom. The number of aliphatic carboxylic acids is 1. The zero-order valence-electron chi connectivity index (χ0n) is 16.2. The number of halogens is 1. The molecular weight excluding hydrogens is 428 g/mol. The fourth-order valence-corrected chi connectivity index (χ4v) is 3.61. The first-order valence-electron chi connectivity index (χ1n) is 9.35. The second-order valence-corrected chi connectivity index (χ2v) is 8.00. The van der Waals surface area contributed by atoms with Gasteiger partial charge in [-0.05, 0) is 67.1 Å². The second-order valence-electron chi connectivity index (χ2n) is 7.14. The molecule has 0 bridgehead atoms. The lowest BCUT2D eigenvalue weighted by molar-refractivity contribution is -0.144. The first kappa shape index (κ1) is 20.7. The summed E-state index contributed by atoms with van der Waals surface area (Å²) < 4.78 is 14.2. The number of aliphatic hydroxyl groups is 1. The van der Waals surface area contributed by atoms with E-state index in [0.717, 1.165) is 29.7 Å². The molecular formula is C20H25BrN2O5. The van der Waals surface area contributed by atoms with Crippen molar-refractivity contribution in [3.63, 3.8) is 0 Å². The summed E-state index contributed by atoms with van der Waals surface area (Å²) in [6.07, 6.45) is 2.62. The molecule has 1 atom stereocenters. The van der Waals surface area contributed by atoms with Crippen molar-refractivity contribution in [3.05, 3.63) is 33.4 Å². The molecule has 28 heavy (non-hydrogen) atoms. The Kier molecular flexibility index (Phi) is 6.30. The molecule has 0 saturated heterocycles. The summed E-state index contributed by atoms with van der Waals surface area (Å²) >= 11 is 3.42. The zero-order valence-corrected chi connectivity index (χ0v) is 17.8. The molecule has 8 heteroatoms. The Hall–Kier alpha value is -2.06. The molecule has 1 heterocycles. The van der Waals surface area contributed by atoms with Crippen LogP contribution in [0, 0.1) is 6.92 Å². The number of aryl methyl sites for hydroxylation is 2. The van der Waals surface area contributed by atoms with Gasteiger partial charge in [-0.1, -0.05) is 0 Å². The fraction of sp³-hybridized carbons (Fsp3) is 0.500. The number of hydrogen-bond donors (Lipinski definition) is 2. The van der Waals surface area contributed by atoms with Gasteiger partial charge in [0.1, 0.15) is 11.5 Å². The predicted molar refractivity (Wildman–Crippen MR) is 107 cm³/mol. The van der Waals surface area contributed by atoms with Crippen LogP contribution in [0.2, 0.25) is 0 Å². The quantitative estimate of drug-likeness (QED) is 0.598. The number of benzene rings is 1. The lowest BCUT2D eigenvalue weighted by Gasteiger charge is -2.16. The van der Waals surface area contributed by atoms with Crippen molar-refractivity contribution < 1.29 is 24.5 Å². The Balaban J connectivity index is 1.93. The smallest absolute Gasteiger partial charge is 0.344 e. The van der Waals surface area contributed by atoms with Crippen molar-refractivity contribution in [2.75, 3.05) is 6.61 Å². The van der Waals surface area contributed by atoms with Gasteiger partial charge in [-0.2, -0.15) is 5.10 Å². The number of hydrogen-bond acceptors (Lipinski definition) is 5. The summed E-state index contributed by atoms with van der Waals surface area (Å²) in [5.41, 5.74) is 2.96. The van der Waals surface area contributed by atoms with Crippen molar-refractivity contribution in [1.29, 1.82) is 0 Å². The van der Waals surface area contributed by atoms with E-state index in [1.54, 1.807) is 10.7 Å². The number of carboxylic acid groups (broad SMARTS) is 1. The van der Waals surface area contributed by atoms with Gasteiger partial charge in [-0.15, -0.1) is 0 Å². The summed E-state index contributed by atoms with van der Waals surface area (Å²) in [6.45, 7) is 3.50. The first-order chi connectivity index (χ1) is 13.3. The second kappa shape index (κ2) is 8.53. The van der Waals surface area contributed by atoms with E-state index in [2.05, 4.69) is 21.0 Å². The SMILES string of the molecule is Cc1cc(Br)c(O[C@@H](C)C(=O)O)cc1Oc1c(CCCO)c(C2CC2)nn1C. The van der Waals surface area contributed by atoms with Crippen LogP contribution in [-0.2, 0) is 18.3 Å². The number of carboxylic acids is 1. The lowest BCUT2D eigenvalue weighted by Crippen LogP contribution is -2.23. The molecule has 0 radical (unpaired) electrons. The molecule has 2 aromatic rings. The highest BCUT2D eigenvalue weighted by Crippen LogP contribution is 2.45. The third-order valence-electron chi connectivity index (χ3n) is 4.76. The molecule has 0 spiro atoms. The molecule has 1 aromatic carbocycles. The molecule has 1 aromatic heterocycles. The normalized spacial score (nSPS) is 14.8. The third kappa shape index (κ3) is 4.50. The van der Waals surface area contributed by atoms with E-state index in [1.165, 1.54) is 6.92 Å². The van der Waals surface area contributed by atoms with E-state index in [9.17, 15) is 9.90 Å². The average Bonchev–Trinajstić information content (AvgIpc) is 3.43. The van der Waals surface area contributed by atoms with E-state index in [0.29, 0.717) is 40.6 Å². The van der Waals surface area contributed by atoms with Crippen LogP contribution in [0.5, 0.6) is 17.4 Å². The minimum absolute atomic E-state index is 0.112. The van der Waals surface area contributed by atoms with Gasteiger partial charge in [0.05, 0.1) is 10.2 Å². The number of rotatable bonds is 9. The van der Waals surface area contributed by atoms with Crippen LogP contribution in [0.1, 0.15) is 48.9 Å². The van der Waals surface area contributed by atoms with Crippen LogP contribution >= 0.6 is 15.9 Å². The topological polar surface area (TPSA) is 93.8 Å². The summed E-state index contributed by atoms with van der Waals surface area (Å²) in [6, 6.07) is 3.53. The van der Waals surface area contributed by atoms with Crippen LogP contribution in [0.4, 0.5) is 0 Å². The summed E-state index contributed by atoms with van der Waals surface area (Å²) in [5.74, 6) is 1.06. The first-order valence-corrected chi connectivity index (χ1v) is 10.1. The molecule has 2 N–H and O–H groups in total. The Labute approximate surface area is 172 Å². The van der Waals surface area contributed by atoms with Crippen LogP contribution in [0.25, 0.3) is 0 Å². The monoisotopic (exact) mass is 452 g/mol. The van der Waals surface area contributed by atoms with E-state index in [1.807, 2.05) is 20.0 Å². The van der Waals surface area contributed by atoms with Crippen LogP contribution in [-0.4, -0.2) is 38.7 Å². The highest BCUT2D eigenvalue weighted by atomic mass is 79.9.